The Balaban J connectivity index is 1.78. The number of hydrogen-bond acceptors (Lipinski definition) is 6. The van der Waals surface area contributed by atoms with Gasteiger partial charge in [-0.25, -0.2) is 13.1 Å². The monoisotopic (exact) mass is 339 g/mol. The number of hydrogen-bond donors (Lipinski definition) is 2. The highest BCUT2D eigenvalue weighted by Gasteiger charge is 2.14. The van der Waals surface area contributed by atoms with E-state index in [1.54, 1.807) is 23.6 Å². The number of thiophene rings is 2. The first-order valence-electron chi connectivity index (χ1n) is 6.18. The minimum absolute atomic E-state index is 0.331. The lowest BCUT2D eigenvalue weighted by molar-refractivity contribution is 0.590. The summed E-state index contributed by atoms with van der Waals surface area (Å²) >= 11 is 2.90. The molecule has 3 aromatic heterocycles. The van der Waals surface area contributed by atoms with E-state index in [0.29, 0.717) is 10.8 Å². The predicted octanol–water partition coefficient (Wildman–Crippen LogP) is 2.88. The summed E-state index contributed by atoms with van der Waals surface area (Å²) in [7, 11) is -1.94. The molecule has 3 aromatic rings. The smallest absolute Gasteiger partial charge is 0.249 e. The van der Waals surface area contributed by atoms with Gasteiger partial charge in [-0.3, -0.25) is 4.98 Å². The number of nitrogens with one attached hydrogen (secondary N) is 2. The summed E-state index contributed by atoms with van der Waals surface area (Å²) in [6.07, 6.45) is 1.77. The number of anilines is 1. The fourth-order valence-corrected chi connectivity index (χ4v) is 4.87. The molecule has 0 radical (unpaired) electrons. The molecule has 0 aliphatic rings. The van der Waals surface area contributed by atoms with E-state index in [1.165, 1.54) is 18.4 Å². The fourth-order valence-electron chi connectivity index (χ4n) is 1.89. The molecule has 0 aromatic carbocycles. The maximum atomic E-state index is 11.7. The normalized spacial score (nSPS) is 11.9. The zero-order chi connectivity index (χ0) is 14.9. The standard InChI is InChI=1S/C13H13N3O2S3/c1-14-21(17,18)12-3-2-9(20-12)8-16-10-4-6-15-11-5-7-19-13(10)11/h2-7,14H,8H2,1H3,(H,15,16). The maximum absolute atomic E-state index is 11.7. The van der Waals surface area contributed by atoms with Crippen LogP contribution in [-0.4, -0.2) is 20.4 Å². The first-order valence-corrected chi connectivity index (χ1v) is 9.36. The van der Waals surface area contributed by atoms with Gasteiger partial charge in [0.2, 0.25) is 10.0 Å². The van der Waals surface area contributed by atoms with Gasteiger partial charge < -0.3 is 5.32 Å². The third-order valence-electron chi connectivity index (χ3n) is 2.97. The lowest BCUT2D eigenvalue weighted by Crippen LogP contribution is -2.17. The maximum Gasteiger partial charge on any atom is 0.249 e. The van der Waals surface area contributed by atoms with Crippen molar-refractivity contribution in [3.05, 3.63) is 40.7 Å². The summed E-state index contributed by atoms with van der Waals surface area (Å²) in [5.41, 5.74) is 1.98. The summed E-state index contributed by atoms with van der Waals surface area (Å²) in [4.78, 5) is 5.25. The van der Waals surface area contributed by atoms with Crippen molar-refractivity contribution < 1.29 is 8.42 Å². The lowest BCUT2D eigenvalue weighted by Gasteiger charge is -2.05. The van der Waals surface area contributed by atoms with E-state index in [4.69, 9.17) is 0 Å². The molecule has 8 heteroatoms. The zero-order valence-electron chi connectivity index (χ0n) is 11.2. The Kier molecular flexibility index (Phi) is 3.94. The number of pyridine rings is 1. The summed E-state index contributed by atoms with van der Waals surface area (Å²) in [5.74, 6) is 0. The van der Waals surface area contributed by atoms with E-state index in [0.717, 1.165) is 20.8 Å². The lowest BCUT2D eigenvalue weighted by atomic mass is 10.3. The predicted molar refractivity (Wildman–Crippen MR) is 87.5 cm³/mol. The highest BCUT2D eigenvalue weighted by atomic mass is 32.2. The third-order valence-corrected chi connectivity index (χ3v) is 6.90. The van der Waals surface area contributed by atoms with Crippen LogP contribution in [-0.2, 0) is 16.6 Å². The van der Waals surface area contributed by atoms with Crippen LogP contribution in [0.15, 0.2) is 40.1 Å². The van der Waals surface area contributed by atoms with Crippen LogP contribution in [0.1, 0.15) is 4.88 Å². The molecule has 2 N–H and O–H groups in total. The van der Waals surface area contributed by atoms with E-state index in [9.17, 15) is 8.42 Å². The van der Waals surface area contributed by atoms with Crippen LogP contribution in [0.3, 0.4) is 0 Å². The Bertz CT molecular complexity index is 868. The van der Waals surface area contributed by atoms with E-state index < -0.39 is 10.0 Å². The van der Waals surface area contributed by atoms with E-state index >= 15 is 0 Å². The van der Waals surface area contributed by atoms with Gasteiger partial charge in [0.15, 0.2) is 0 Å². The molecular weight excluding hydrogens is 326 g/mol. The number of sulfonamides is 1. The minimum atomic E-state index is -3.35. The van der Waals surface area contributed by atoms with Crippen LogP contribution in [0.2, 0.25) is 0 Å². The number of nitrogens with zero attached hydrogens (tertiary/aromatic N) is 1. The van der Waals surface area contributed by atoms with Gasteiger partial charge in [-0.15, -0.1) is 22.7 Å². The van der Waals surface area contributed by atoms with Crippen LogP contribution < -0.4 is 10.0 Å². The van der Waals surface area contributed by atoms with Gasteiger partial charge >= 0.3 is 0 Å². The molecule has 0 atom stereocenters. The van der Waals surface area contributed by atoms with Crippen molar-refractivity contribution in [3.63, 3.8) is 0 Å². The van der Waals surface area contributed by atoms with Crippen molar-refractivity contribution >= 4 is 48.6 Å². The van der Waals surface area contributed by atoms with E-state index in [-0.39, 0.29) is 0 Å². The SMILES string of the molecule is CNS(=O)(=O)c1ccc(CNc2ccnc3ccsc23)s1. The number of rotatable bonds is 5. The first-order chi connectivity index (χ1) is 10.1. The van der Waals surface area contributed by atoms with E-state index in [1.807, 2.05) is 23.6 Å². The Labute approximate surface area is 130 Å². The van der Waals surface area contributed by atoms with Crippen molar-refractivity contribution in [2.45, 2.75) is 10.8 Å². The fraction of sp³-hybridized carbons (Fsp3) is 0.154. The second-order valence-corrected chi connectivity index (χ2v) is 8.47. The average Bonchev–Trinajstić information content (AvgIpc) is 3.14. The van der Waals surface area contributed by atoms with Crippen molar-refractivity contribution in [2.24, 2.45) is 0 Å². The molecule has 0 unspecified atom stereocenters. The minimum Gasteiger partial charge on any atom is -0.379 e. The number of aromatic nitrogens is 1. The first kappa shape index (κ1) is 14.5. The van der Waals surface area contributed by atoms with Crippen molar-refractivity contribution in [2.75, 3.05) is 12.4 Å². The van der Waals surface area contributed by atoms with Gasteiger partial charge in [-0.05, 0) is 36.7 Å². The van der Waals surface area contributed by atoms with Crippen LogP contribution in [0.25, 0.3) is 10.2 Å². The number of fused-ring (bicyclic) bond motifs is 1. The van der Waals surface area contributed by atoms with Gasteiger partial charge in [0, 0.05) is 17.6 Å². The Morgan fingerprint density at radius 3 is 2.90 bits per heavy atom. The summed E-state index contributed by atoms with van der Waals surface area (Å²) in [6.45, 7) is 0.584. The van der Waals surface area contributed by atoms with Crippen LogP contribution in [0, 0.1) is 0 Å². The van der Waals surface area contributed by atoms with Crippen LogP contribution in [0.4, 0.5) is 5.69 Å². The second kappa shape index (κ2) is 5.72. The molecule has 3 rings (SSSR count). The molecule has 0 spiro atoms. The molecule has 0 aliphatic heterocycles. The summed E-state index contributed by atoms with van der Waals surface area (Å²) < 4.78 is 27.2. The van der Waals surface area contributed by atoms with Gasteiger partial charge in [-0.2, -0.15) is 0 Å². The van der Waals surface area contributed by atoms with Gasteiger partial charge in [0.1, 0.15) is 4.21 Å². The Morgan fingerprint density at radius 2 is 2.10 bits per heavy atom. The summed E-state index contributed by atoms with van der Waals surface area (Å²) in [5, 5.41) is 5.34. The quantitative estimate of drug-likeness (QED) is 0.750. The van der Waals surface area contributed by atoms with Crippen LogP contribution in [0.5, 0.6) is 0 Å². The molecule has 3 heterocycles. The average molecular weight is 339 g/mol. The van der Waals surface area contributed by atoms with Crippen LogP contribution >= 0.6 is 22.7 Å². The molecule has 0 bridgehead atoms. The molecule has 110 valence electrons. The van der Waals surface area contributed by atoms with Gasteiger partial charge in [0.25, 0.3) is 0 Å². The Hall–Kier alpha value is -1.48. The molecule has 0 saturated carbocycles. The highest BCUT2D eigenvalue weighted by molar-refractivity contribution is 7.91. The largest absolute Gasteiger partial charge is 0.379 e. The Morgan fingerprint density at radius 1 is 1.24 bits per heavy atom. The van der Waals surface area contributed by atoms with Crippen molar-refractivity contribution in [1.82, 2.24) is 9.71 Å². The van der Waals surface area contributed by atoms with Gasteiger partial charge in [-0.1, -0.05) is 0 Å². The molecule has 5 nitrogen and oxygen atoms in total. The van der Waals surface area contributed by atoms with Crippen molar-refractivity contribution in [3.8, 4) is 0 Å². The molecule has 21 heavy (non-hydrogen) atoms. The van der Waals surface area contributed by atoms with Crippen molar-refractivity contribution in [1.29, 1.82) is 0 Å². The van der Waals surface area contributed by atoms with E-state index in [2.05, 4.69) is 15.0 Å². The topological polar surface area (TPSA) is 71.1 Å². The second-order valence-electron chi connectivity index (χ2n) is 4.28. The van der Waals surface area contributed by atoms with Gasteiger partial charge in [0.05, 0.1) is 15.9 Å². The third kappa shape index (κ3) is 2.93. The molecular formula is C13H13N3O2S3. The molecule has 0 aliphatic carbocycles. The molecule has 0 fully saturated rings. The molecule has 0 amide bonds. The zero-order valence-corrected chi connectivity index (χ0v) is 13.6. The highest BCUT2D eigenvalue weighted by Crippen LogP contribution is 2.28. The summed E-state index contributed by atoms with van der Waals surface area (Å²) in [6, 6.07) is 7.36. The molecule has 0 saturated heterocycles.